The second-order valence-electron chi connectivity index (χ2n) is 5.25. The Bertz CT molecular complexity index is 1130. The predicted octanol–water partition coefficient (Wildman–Crippen LogP) is 1.24. The van der Waals surface area contributed by atoms with Crippen LogP contribution in [-0.2, 0) is 0 Å². The van der Waals surface area contributed by atoms with Crippen LogP contribution in [0.3, 0.4) is 0 Å². The first-order valence-electron chi connectivity index (χ1n) is 7.28. The number of aromatic amines is 3. The molecule has 23 heavy (non-hydrogen) atoms. The highest BCUT2D eigenvalue weighted by molar-refractivity contribution is 5.85. The van der Waals surface area contributed by atoms with Crippen LogP contribution < -0.4 is 16.1 Å². The van der Waals surface area contributed by atoms with Crippen LogP contribution in [0.15, 0.2) is 59.7 Å². The number of hydrogen-bond acceptors (Lipinski definition) is 2. The zero-order chi connectivity index (χ0) is 15.6. The molecule has 1 aromatic carbocycles. The third-order valence-electron chi connectivity index (χ3n) is 3.74. The maximum Gasteiger partial charge on any atom is 0.271 e. The van der Waals surface area contributed by atoms with E-state index in [0.29, 0.717) is 5.22 Å². The van der Waals surface area contributed by atoms with Gasteiger partial charge in [-0.15, -0.1) is 0 Å². The van der Waals surface area contributed by atoms with E-state index in [2.05, 4.69) is 20.2 Å². The Morgan fingerprint density at radius 1 is 0.957 bits per heavy atom. The van der Waals surface area contributed by atoms with Crippen molar-refractivity contribution in [3.63, 3.8) is 0 Å². The number of hydrogen-bond donors (Lipinski definition) is 3. The van der Waals surface area contributed by atoms with Crippen LogP contribution in [0.25, 0.3) is 23.2 Å². The Labute approximate surface area is 131 Å². The summed E-state index contributed by atoms with van der Waals surface area (Å²) in [6.45, 7) is 0. The maximum absolute atomic E-state index is 12.1. The summed E-state index contributed by atoms with van der Waals surface area (Å²) in [4.78, 5) is 19.5. The topological polar surface area (TPSA) is 77.3 Å². The second-order valence-corrected chi connectivity index (χ2v) is 5.25. The van der Waals surface area contributed by atoms with E-state index in [0.717, 1.165) is 27.5 Å². The van der Waals surface area contributed by atoms with E-state index in [1.807, 2.05) is 60.8 Å². The molecule has 0 bridgehead atoms. The molecule has 0 aliphatic heterocycles. The minimum absolute atomic E-state index is 0.148. The number of nitrogens with one attached hydrogen (secondary N) is 3. The summed E-state index contributed by atoms with van der Waals surface area (Å²) in [5.41, 5.74) is 2.61. The molecule has 4 rings (SSSR count). The van der Waals surface area contributed by atoms with Crippen LogP contribution in [0.4, 0.5) is 0 Å². The van der Waals surface area contributed by atoms with Gasteiger partial charge in [-0.2, -0.15) is 0 Å². The zero-order valence-corrected chi connectivity index (χ0v) is 12.2. The summed E-state index contributed by atoms with van der Waals surface area (Å²) < 4.78 is 0. The molecular formula is C18H14N4O. The number of rotatable bonds is 2. The quantitative estimate of drug-likeness (QED) is 0.521. The first-order valence-corrected chi connectivity index (χ1v) is 7.28. The Morgan fingerprint density at radius 3 is 2.70 bits per heavy atom. The highest BCUT2D eigenvalue weighted by atomic mass is 16.1. The first-order chi connectivity index (χ1) is 11.3. The molecular weight excluding hydrogens is 288 g/mol. The Kier molecular flexibility index (Phi) is 3.16. The van der Waals surface area contributed by atoms with E-state index in [1.54, 1.807) is 6.20 Å². The minimum atomic E-state index is -0.148. The van der Waals surface area contributed by atoms with Gasteiger partial charge in [-0.3, -0.25) is 15.0 Å². The summed E-state index contributed by atoms with van der Waals surface area (Å²) in [5.74, 6) is 0. The third kappa shape index (κ3) is 2.48. The van der Waals surface area contributed by atoms with Gasteiger partial charge in [0.05, 0.1) is 10.6 Å². The fourth-order valence-electron chi connectivity index (χ4n) is 2.61. The van der Waals surface area contributed by atoms with Crippen molar-refractivity contribution in [1.82, 2.24) is 20.2 Å². The van der Waals surface area contributed by atoms with Gasteiger partial charge in [-0.1, -0.05) is 30.3 Å². The van der Waals surface area contributed by atoms with E-state index in [9.17, 15) is 4.79 Å². The van der Waals surface area contributed by atoms with E-state index in [-0.39, 0.29) is 5.56 Å². The lowest BCUT2D eigenvalue weighted by Gasteiger charge is -1.90. The molecule has 5 heteroatoms. The van der Waals surface area contributed by atoms with Crippen molar-refractivity contribution in [2.75, 3.05) is 0 Å². The van der Waals surface area contributed by atoms with Crippen molar-refractivity contribution < 1.29 is 0 Å². The molecule has 0 saturated carbocycles. The highest BCUT2D eigenvalue weighted by Crippen LogP contribution is 2.15. The lowest BCUT2D eigenvalue weighted by Crippen LogP contribution is -2.33. The molecule has 0 spiro atoms. The van der Waals surface area contributed by atoms with Crippen LogP contribution >= 0.6 is 0 Å². The number of fused-ring (bicyclic) bond motifs is 1. The number of benzene rings is 1. The van der Waals surface area contributed by atoms with E-state index < -0.39 is 0 Å². The van der Waals surface area contributed by atoms with Crippen molar-refractivity contribution in [3.8, 4) is 0 Å². The lowest BCUT2D eigenvalue weighted by molar-refractivity contribution is 1.03. The molecule has 0 unspecified atom stereocenters. The highest BCUT2D eigenvalue weighted by Gasteiger charge is 2.03. The van der Waals surface area contributed by atoms with E-state index in [4.69, 9.17) is 0 Å². The SMILES string of the molecule is O=c1[nH][nH]c(=Cc2ccccc2)c1=Cc1c[nH]c2ncccc12. The molecule has 3 N–H and O–H groups in total. The van der Waals surface area contributed by atoms with Gasteiger partial charge in [0.2, 0.25) is 0 Å². The van der Waals surface area contributed by atoms with Crippen LogP contribution in [0.5, 0.6) is 0 Å². The molecule has 5 nitrogen and oxygen atoms in total. The first kappa shape index (κ1) is 13.3. The van der Waals surface area contributed by atoms with Crippen LogP contribution in [-0.4, -0.2) is 20.2 Å². The maximum atomic E-state index is 12.1. The predicted molar refractivity (Wildman–Crippen MR) is 90.3 cm³/mol. The van der Waals surface area contributed by atoms with Gasteiger partial charge in [0.1, 0.15) is 5.65 Å². The molecule has 0 radical (unpaired) electrons. The normalized spacial score (nSPS) is 13.0. The number of H-pyrrole nitrogens is 3. The summed E-state index contributed by atoms with van der Waals surface area (Å²) in [6.07, 6.45) is 7.40. The van der Waals surface area contributed by atoms with Crippen molar-refractivity contribution >= 4 is 23.2 Å². The largest absolute Gasteiger partial charge is 0.346 e. The van der Waals surface area contributed by atoms with E-state index in [1.165, 1.54) is 0 Å². The summed E-state index contributed by atoms with van der Waals surface area (Å²) in [6, 6.07) is 13.7. The lowest BCUT2D eigenvalue weighted by atomic mass is 10.1. The van der Waals surface area contributed by atoms with E-state index >= 15 is 0 Å². The molecule has 4 aromatic rings. The molecule has 3 aromatic heterocycles. The zero-order valence-electron chi connectivity index (χ0n) is 12.2. The van der Waals surface area contributed by atoms with Crippen LogP contribution in [0, 0.1) is 0 Å². The van der Waals surface area contributed by atoms with Crippen LogP contribution in [0.2, 0.25) is 0 Å². The fourth-order valence-corrected chi connectivity index (χ4v) is 2.61. The van der Waals surface area contributed by atoms with Gasteiger partial charge in [0.15, 0.2) is 0 Å². The molecule has 0 atom stereocenters. The van der Waals surface area contributed by atoms with Gasteiger partial charge >= 0.3 is 0 Å². The summed E-state index contributed by atoms with van der Waals surface area (Å²) in [7, 11) is 0. The molecule has 0 aliphatic carbocycles. The Balaban J connectivity index is 1.95. The Hall–Kier alpha value is -3.34. The molecule has 0 amide bonds. The van der Waals surface area contributed by atoms with Gasteiger partial charge in [0.25, 0.3) is 5.56 Å². The van der Waals surface area contributed by atoms with Gasteiger partial charge in [-0.05, 0) is 29.8 Å². The monoisotopic (exact) mass is 302 g/mol. The summed E-state index contributed by atoms with van der Waals surface area (Å²) >= 11 is 0. The minimum Gasteiger partial charge on any atom is -0.346 e. The second kappa shape index (κ2) is 5.46. The van der Waals surface area contributed by atoms with Crippen molar-refractivity contribution in [2.24, 2.45) is 0 Å². The molecule has 0 aliphatic rings. The average Bonchev–Trinajstić information content (AvgIpc) is 3.15. The number of aromatic nitrogens is 4. The molecule has 3 heterocycles. The fraction of sp³-hybridized carbons (Fsp3) is 0. The van der Waals surface area contributed by atoms with Crippen LogP contribution in [0.1, 0.15) is 11.1 Å². The molecule has 0 fully saturated rings. The summed E-state index contributed by atoms with van der Waals surface area (Å²) in [5, 5.41) is 7.91. The third-order valence-corrected chi connectivity index (χ3v) is 3.74. The molecule has 0 saturated heterocycles. The van der Waals surface area contributed by atoms with Gasteiger partial charge < -0.3 is 4.98 Å². The van der Waals surface area contributed by atoms with Crippen molar-refractivity contribution in [2.45, 2.75) is 0 Å². The van der Waals surface area contributed by atoms with Crippen molar-refractivity contribution in [3.05, 3.63) is 86.9 Å². The Morgan fingerprint density at radius 2 is 1.83 bits per heavy atom. The van der Waals surface area contributed by atoms with Crippen molar-refractivity contribution in [1.29, 1.82) is 0 Å². The standard InChI is InChI=1S/C18H14N4O/c23-18-15(10-13-11-20-17-14(13)7-4-8-19-17)16(21-22-18)9-12-5-2-1-3-6-12/h1-11,21H,(H,19,20)(H,22,23). The smallest absolute Gasteiger partial charge is 0.271 e. The molecule has 112 valence electrons. The number of pyridine rings is 1. The van der Waals surface area contributed by atoms with Gasteiger partial charge in [-0.25, -0.2) is 4.98 Å². The average molecular weight is 302 g/mol. The van der Waals surface area contributed by atoms with Gasteiger partial charge in [0, 0.05) is 23.3 Å². The number of nitrogens with zero attached hydrogens (tertiary/aromatic N) is 1.